The summed E-state index contributed by atoms with van der Waals surface area (Å²) in [5.41, 5.74) is -0.881. The number of aryl methyl sites for hydroxylation is 2. The molecule has 1 heterocycles. The molecule has 0 aliphatic rings. The Kier molecular flexibility index (Phi) is 4.93. The van der Waals surface area contributed by atoms with Crippen LogP contribution in [0.15, 0.2) is 42.5 Å². The van der Waals surface area contributed by atoms with Crippen molar-refractivity contribution in [2.24, 2.45) is 7.05 Å². The lowest BCUT2D eigenvalue weighted by Crippen LogP contribution is -2.14. The van der Waals surface area contributed by atoms with E-state index in [1.54, 1.807) is 13.0 Å². The summed E-state index contributed by atoms with van der Waals surface area (Å²) < 4.78 is 67.6. The van der Waals surface area contributed by atoms with Gasteiger partial charge in [0.25, 0.3) is 5.91 Å². The molecule has 4 nitrogen and oxygen atoms in total. The van der Waals surface area contributed by atoms with E-state index in [0.29, 0.717) is 5.56 Å². The Morgan fingerprint density at radius 2 is 1.75 bits per heavy atom. The molecule has 0 saturated heterocycles. The predicted octanol–water partition coefficient (Wildman–Crippen LogP) is 4.94. The van der Waals surface area contributed by atoms with Crippen LogP contribution in [0, 0.1) is 18.6 Å². The fourth-order valence-electron chi connectivity index (χ4n) is 2.66. The number of rotatable bonds is 3. The smallest absolute Gasteiger partial charge is 0.322 e. The Bertz CT molecular complexity index is 1060. The van der Waals surface area contributed by atoms with Crippen molar-refractivity contribution in [3.8, 4) is 11.3 Å². The fourth-order valence-corrected chi connectivity index (χ4v) is 2.66. The number of hydrogen-bond donors (Lipinski definition) is 1. The van der Waals surface area contributed by atoms with Gasteiger partial charge in [-0.2, -0.15) is 18.3 Å². The summed E-state index contributed by atoms with van der Waals surface area (Å²) >= 11 is 0. The zero-order valence-corrected chi connectivity index (χ0v) is 14.7. The van der Waals surface area contributed by atoms with Gasteiger partial charge in [-0.05, 0) is 48.9 Å². The van der Waals surface area contributed by atoms with E-state index in [0.717, 1.165) is 16.8 Å². The average molecular weight is 395 g/mol. The van der Waals surface area contributed by atoms with E-state index in [2.05, 4.69) is 10.4 Å². The molecule has 146 valence electrons. The number of benzene rings is 2. The van der Waals surface area contributed by atoms with Crippen LogP contribution in [0.3, 0.4) is 0 Å². The average Bonchev–Trinajstić information content (AvgIpc) is 2.97. The minimum absolute atomic E-state index is 0.0319. The van der Waals surface area contributed by atoms with Crippen molar-refractivity contribution in [2.45, 2.75) is 13.1 Å². The second-order valence-electron chi connectivity index (χ2n) is 6.17. The van der Waals surface area contributed by atoms with Gasteiger partial charge in [0.1, 0.15) is 11.6 Å². The highest BCUT2D eigenvalue weighted by atomic mass is 19.4. The van der Waals surface area contributed by atoms with Gasteiger partial charge < -0.3 is 5.32 Å². The molecule has 9 heteroatoms. The molecule has 0 bridgehead atoms. The van der Waals surface area contributed by atoms with E-state index in [1.807, 2.05) is 0 Å². The zero-order chi connectivity index (χ0) is 20.6. The number of carbonyl (C=O) groups excluding carboxylic acids is 1. The normalized spacial score (nSPS) is 11.5. The van der Waals surface area contributed by atoms with E-state index < -0.39 is 29.4 Å². The van der Waals surface area contributed by atoms with Crippen LogP contribution in [-0.2, 0) is 13.2 Å². The Hall–Kier alpha value is -3.23. The summed E-state index contributed by atoms with van der Waals surface area (Å²) in [6.45, 7) is 1.67. The van der Waals surface area contributed by atoms with Gasteiger partial charge in [-0.3, -0.25) is 9.48 Å². The highest BCUT2D eigenvalue weighted by molar-refractivity contribution is 6.04. The molecular formula is C19H14F5N3O. The number of halogens is 5. The van der Waals surface area contributed by atoms with Gasteiger partial charge in [-0.1, -0.05) is 6.07 Å². The van der Waals surface area contributed by atoms with E-state index in [9.17, 15) is 26.7 Å². The van der Waals surface area contributed by atoms with Gasteiger partial charge in [0.15, 0.2) is 5.69 Å². The molecule has 0 fully saturated rings. The standard InChI is InChI=1S/C19H14F5N3O/c1-10-3-5-13(14(20)7-10)18(28)25-11-4-6-12(15(21)8-11)16-9-17(19(22,23)24)26-27(16)2/h3-9H,1-2H3,(H,25,28). The quantitative estimate of drug-likeness (QED) is 0.639. The molecule has 3 rings (SSSR count). The molecule has 0 unspecified atom stereocenters. The highest BCUT2D eigenvalue weighted by Gasteiger charge is 2.35. The first-order valence-electron chi connectivity index (χ1n) is 8.05. The molecule has 0 aliphatic carbocycles. The first-order valence-corrected chi connectivity index (χ1v) is 8.05. The maximum atomic E-state index is 14.5. The number of amides is 1. The highest BCUT2D eigenvalue weighted by Crippen LogP contribution is 2.33. The monoisotopic (exact) mass is 395 g/mol. The predicted molar refractivity (Wildman–Crippen MR) is 92.7 cm³/mol. The molecule has 0 aliphatic heterocycles. The van der Waals surface area contributed by atoms with Crippen molar-refractivity contribution in [3.05, 3.63) is 70.9 Å². The number of nitrogens with one attached hydrogen (secondary N) is 1. The number of alkyl halides is 3. The first-order chi connectivity index (χ1) is 13.1. The molecular weight excluding hydrogens is 381 g/mol. The van der Waals surface area contributed by atoms with Crippen molar-refractivity contribution in [1.82, 2.24) is 9.78 Å². The lowest BCUT2D eigenvalue weighted by Gasteiger charge is -2.09. The van der Waals surface area contributed by atoms with Crippen LogP contribution < -0.4 is 5.32 Å². The van der Waals surface area contributed by atoms with Crippen molar-refractivity contribution in [2.75, 3.05) is 5.32 Å². The molecule has 0 spiro atoms. The number of hydrogen-bond acceptors (Lipinski definition) is 2. The molecule has 3 aromatic rings. The summed E-state index contributed by atoms with van der Waals surface area (Å²) in [7, 11) is 1.26. The minimum atomic E-state index is -4.65. The van der Waals surface area contributed by atoms with Crippen molar-refractivity contribution in [1.29, 1.82) is 0 Å². The SMILES string of the molecule is Cc1ccc(C(=O)Nc2ccc(-c3cc(C(F)(F)F)nn3C)c(F)c2)c(F)c1. The van der Waals surface area contributed by atoms with Gasteiger partial charge in [0.2, 0.25) is 0 Å². The molecule has 0 radical (unpaired) electrons. The van der Waals surface area contributed by atoms with E-state index in [1.165, 1.54) is 31.3 Å². The van der Waals surface area contributed by atoms with Gasteiger partial charge in [-0.25, -0.2) is 8.78 Å². The topological polar surface area (TPSA) is 46.9 Å². The maximum Gasteiger partial charge on any atom is 0.435 e. The van der Waals surface area contributed by atoms with Crippen LogP contribution in [0.25, 0.3) is 11.3 Å². The van der Waals surface area contributed by atoms with Crippen LogP contribution in [0.5, 0.6) is 0 Å². The molecule has 1 N–H and O–H groups in total. The summed E-state index contributed by atoms with van der Waals surface area (Å²) in [5, 5.41) is 5.70. The number of anilines is 1. The molecule has 2 aromatic carbocycles. The second kappa shape index (κ2) is 7.06. The Morgan fingerprint density at radius 3 is 2.32 bits per heavy atom. The van der Waals surface area contributed by atoms with E-state index >= 15 is 0 Å². The summed E-state index contributed by atoms with van der Waals surface area (Å²) in [4.78, 5) is 12.2. The van der Waals surface area contributed by atoms with Gasteiger partial charge in [-0.15, -0.1) is 0 Å². The van der Waals surface area contributed by atoms with Crippen LogP contribution in [0.2, 0.25) is 0 Å². The molecule has 0 atom stereocenters. The van der Waals surface area contributed by atoms with Gasteiger partial charge in [0, 0.05) is 18.3 Å². The fraction of sp³-hybridized carbons (Fsp3) is 0.158. The molecule has 28 heavy (non-hydrogen) atoms. The third kappa shape index (κ3) is 3.88. The Balaban J connectivity index is 1.87. The van der Waals surface area contributed by atoms with Crippen molar-refractivity contribution in [3.63, 3.8) is 0 Å². The Labute approximate surface area is 156 Å². The van der Waals surface area contributed by atoms with Crippen molar-refractivity contribution < 1.29 is 26.7 Å². The number of aromatic nitrogens is 2. The largest absolute Gasteiger partial charge is 0.435 e. The molecule has 1 amide bonds. The van der Waals surface area contributed by atoms with E-state index in [4.69, 9.17) is 0 Å². The van der Waals surface area contributed by atoms with Crippen LogP contribution >= 0.6 is 0 Å². The van der Waals surface area contributed by atoms with E-state index in [-0.39, 0.29) is 22.5 Å². The second-order valence-corrected chi connectivity index (χ2v) is 6.17. The lowest BCUT2D eigenvalue weighted by atomic mass is 10.1. The molecule has 1 aromatic heterocycles. The van der Waals surface area contributed by atoms with Crippen LogP contribution in [0.1, 0.15) is 21.6 Å². The van der Waals surface area contributed by atoms with Crippen molar-refractivity contribution >= 4 is 11.6 Å². The third-order valence-corrected chi connectivity index (χ3v) is 4.04. The number of nitrogens with zero attached hydrogens (tertiary/aromatic N) is 2. The van der Waals surface area contributed by atoms with Crippen LogP contribution in [-0.4, -0.2) is 15.7 Å². The first kappa shape index (κ1) is 19.5. The van der Waals surface area contributed by atoms with Gasteiger partial charge in [0.05, 0.1) is 11.3 Å². The summed E-state index contributed by atoms with van der Waals surface area (Å²) in [5.74, 6) is -2.35. The minimum Gasteiger partial charge on any atom is -0.322 e. The van der Waals surface area contributed by atoms with Crippen LogP contribution in [0.4, 0.5) is 27.6 Å². The zero-order valence-electron chi connectivity index (χ0n) is 14.7. The molecule has 0 saturated carbocycles. The Morgan fingerprint density at radius 1 is 1.04 bits per heavy atom. The summed E-state index contributed by atoms with van der Waals surface area (Å²) in [6.07, 6.45) is -4.65. The third-order valence-electron chi connectivity index (χ3n) is 4.04. The maximum absolute atomic E-state index is 14.5. The van der Waals surface area contributed by atoms with Gasteiger partial charge >= 0.3 is 6.18 Å². The number of carbonyl (C=O) groups is 1. The lowest BCUT2D eigenvalue weighted by molar-refractivity contribution is -0.141. The summed E-state index contributed by atoms with van der Waals surface area (Å²) in [6, 6.07) is 8.26.